The maximum absolute atomic E-state index is 13.1. The van der Waals surface area contributed by atoms with Gasteiger partial charge in [-0.15, -0.1) is 0 Å². The van der Waals surface area contributed by atoms with E-state index in [-0.39, 0.29) is 16.4 Å². The molecule has 38 heavy (non-hydrogen) atoms. The van der Waals surface area contributed by atoms with E-state index < -0.39 is 15.9 Å². The Morgan fingerprint density at radius 3 is 2.32 bits per heavy atom. The number of amides is 1. The number of hydrogen-bond donors (Lipinski definition) is 3. The van der Waals surface area contributed by atoms with E-state index in [4.69, 9.17) is 47.0 Å². The third kappa shape index (κ3) is 6.39. The molecule has 0 fully saturated rings. The highest BCUT2D eigenvalue weighted by Gasteiger charge is 2.34. The second-order valence-corrected chi connectivity index (χ2v) is 11.2. The van der Waals surface area contributed by atoms with Crippen molar-refractivity contribution in [1.82, 2.24) is 20.0 Å². The summed E-state index contributed by atoms with van der Waals surface area (Å²) in [4.78, 5) is 25.8. The second kappa shape index (κ2) is 11.6. The van der Waals surface area contributed by atoms with Gasteiger partial charge in [0.25, 0.3) is 5.56 Å². The fraction of sp³-hybridized carbons (Fsp3) is 0.148. The molecule has 0 spiro atoms. The maximum Gasteiger partial charge on any atom is 0.295 e. The Hall–Kier alpha value is -3.30. The lowest BCUT2D eigenvalue weighted by Gasteiger charge is -2.27. The minimum atomic E-state index is -1.95. The van der Waals surface area contributed by atoms with Gasteiger partial charge in [-0.2, -0.15) is 0 Å². The fourth-order valence-electron chi connectivity index (χ4n) is 3.87. The van der Waals surface area contributed by atoms with Gasteiger partial charge in [-0.3, -0.25) is 14.3 Å². The molecule has 4 aromatic rings. The van der Waals surface area contributed by atoms with Gasteiger partial charge in [0.1, 0.15) is 11.9 Å². The van der Waals surface area contributed by atoms with Crippen molar-refractivity contribution >= 4 is 80.6 Å². The number of thiocarbonyl (C=S) groups is 1. The molecule has 1 heterocycles. The minimum Gasteiger partial charge on any atom is -0.339 e. The Kier molecular flexibility index (Phi) is 8.47. The molecule has 0 saturated carbocycles. The molecule has 0 aliphatic heterocycles. The molecule has 3 aromatic carbocycles. The molecular weight excluding hydrogens is 565 g/mol. The number of para-hydroxylation sites is 1. The number of fused-ring (bicyclic) bond motifs is 1. The van der Waals surface area contributed by atoms with Crippen molar-refractivity contribution in [3.63, 3.8) is 0 Å². The van der Waals surface area contributed by atoms with E-state index >= 15 is 0 Å². The van der Waals surface area contributed by atoms with Crippen molar-refractivity contribution in [2.24, 2.45) is 7.05 Å². The van der Waals surface area contributed by atoms with Crippen LogP contribution in [-0.2, 0) is 11.8 Å². The number of hydrogen-bond acceptors (Lipinski definition) is 3. The van der Waals surface area contributed by atoms with Gasteiger partial charge < -0.3 is 16.0 Å². The van der Waals surface area contributed by atoms with Crippen LogP contribution in [0.2, 0.25) is 0 Å². The summed E-state index contributed by atoms with van der Waals surface area (Å²) in [6.45, 7) is 1.78. The molecule has 0 aliphatic rings. The first-order chi connectivity index (χ1) is 18.0. The summed E-state index contributed by atoms with van der Waals surface area (Å²) in [6, 6.07) is 22.9. The van der Waals surface area contributed by atoms with Gasteiger partial charge in [-0.05, 0) is 59.8 Å². The molecule has 0 aliphatic carbocycles. The van der Waals surface area contributed by atoms with E-state index in [0.717, 1.165) is 16.3 Å². The van der Waals surface area contributed by atoms with Crippen molar-refractivity contribution in [3.05, 3.63) is 100 Å². The number of aromatic nitrogens is 2. The van der Waals surface area contributed by atoms with Gasteiger partial charge in [0, 0.05) is 13.1 Å². The van der Waals surface area contributed by atoms with Crippen LogP contribution in [0.3, 0.4) is 0 Å². The Balaban J connectivity index is 1.46. The van der Waals surface area contributed by atoms with Crippen molar-refractivity contribution in [1.29, 1.82) is 0 Å². The van der Waals surface area contributed by atoms with Crippen molar-refractivity contribution in [3.8, 4) is 5.69 Å². The summed E-state index contributed by atoms with van der Waals surface area (Å²) in [5.41, 5.74) is 2.10. The Labute approximate surface area is 240 Å². The van der Waals surface area contributed by atoms with Crippen LogP contribution in [0.5, 0.6) is 0 Å². The molecule has 1 aromatic heterocycles. The Morgan fingerprint density at radius 1 is 0.974 bits per heavy atom. The molecule has 1 atom stereocenters. The quantitative estimate of drug-likeness (QED) is 0.121. The number of carbonyl (C=O) groups is 1. The zero-order valence-electron chi connectivity index (χ0n) is 20.4. The number of alkyl halides is 3. The number of carbonyl (C=O) groups excluding carboxylic acids is 1. The third-order valence-electron chi connectivity index (χ3n) is 5.88. The van der Waals surface area contributed by atoms with Gasteiger partial charge in [0.2, 0.25) is 9.70 Å². The molecule has 1 unspecified atom stereocenters. The lowest BCUT2D eigenvalue weighted by molar-refractivity contribution is -0.117. The largest absolute Gasteiger partial charge is 0.339 e. The monoisotopic (exact) mass is 587 g/mol. The van der Waals surface area contributed by atoms with Gasteiger partial charge in [0.15, 0.2) is 5.11 Å². The predicted octanol–water partition coefficient (Wildman–Crippen LogP) is 5.45. The number of anilines is 1. The highest BCUT2D eigenvalue weighted by atomic mass is 35.6. The van der Waals surface area contributed by atoms with E-state index in [0.29, 0.717) is 11.4 Å². The summed E-state index contributed by atoms with van der Waals surface area (Å²) in [5, 5.41) is 10.4. The van der Waals surface area contributed by atoms with Crippen molar-refractivity contribution in [2.75, 3.05) is 5.32 Å². The molecule has 1 amide bonds. The van der Waals surface area contributed by atoms with Gasteiger partial charge in [-0.25, -0.2) is 4.68 Å². The molecule has 0 bridgehead atoms. The minimum absolute atomic E-state index is 0.00820. The fourth-order valence-corrected chi connectivity index (χ4v) is 4.41. The molecular formula is C27H24Cl3N5O2S. The molecule has 7 nitrogen and oxygen atoms in total. The maximum atomic E-state index is 13.1. The lowest BCUT2D eigenvalue weighted by Crippen LogP contribution is -2.56. The van der Waals surface area contributed by atoms with Crippen LogP contribution in [0.4, 0.5) is 5.69 Å². The molecule has 0 saturated heterocycles. The molecule has 196 valence electrons. The van der Waals surface area contributed by atoms with Crippen LogP contribution < -0.4 is 21.5 Å². The zero-order valence-corrected chi connectivity index (χ0v) is 23.5. The van der Waals surface area contributed by atoms with Crippen molar-refractivity contribution < 1.29 is 4.79 Å². The van der Waals surface area contributed by atoms with Crippen LogP contribution in [-0.4, -0.2) is 30.3 Å². The number of nitrogens with one attached hydrogen (secondary N) is 3. The van der Waals surface area contributed by atoms with E-state index in [1.807, 2.05) is 72.8 Å². The Bertz CT molecular complexity index is 1580. The van der Waals surface area contributed by atoms with Gasteiger partial charge in [0.05, 0.1) is 11.4 Å². The summed E-state index contributed by atoms with van der Waals surface area (Å²) >= 11 is 23.7. The van der Waals surface area contributed by atoms with Crippen LogP contribution in [0.15, 0.2) is 83.7 Å². The first-order valence-corrected chi connectivity index (χ1v) is 13.0. The SMILES string of the molecule is Cc1c(NC(=S)NC(NC(=O)C=Cc2ccc3ccccc3c2)C(Cl)(Cl)Cl)c(=O)n(-c2ccccc2)n1C. The van der Waals surface area contributed by atoms with Crippen molar-refractivity contribution in [2.45, 2.75) is 16.9 Å². The highest BCUT2D eigenvalue weighted by molar-refractivity contribution is 7.80. The number of nitrogens with zero attached hydrogens (tertiary/aromatic N) is 2. The Morgan fingerprint density at radius 2 is 1.63 bits per heavy atom. The summed E-state index contributed by atoms with van der Waals surface area (Å²) < 4.78 is 1.26. The number of rotatable bonds is 6. The van der Waals surface area contributed by atoms with E-state index in [2.05, 4.69) is 16.0 Å². The van der Waals surface area contributed by atoms with Crippen LogP contribution in [0.25, 0.3) is 22.5 Å². The van der Waals surface area contributed by atoms with E-state index in [9.17, 15) is 9.59 Å². The average Bonchev–Trinajstić information content (AvgIpc) is 3.09. The normalized spacial score (nSPS) is 12.4. The first-order valence-electron chi connectivity index (χ1n) is 11.5. The third-order valence-corrected chi connectivity index (χ3v) is 6.76. The van der Waals surface area contributed by atoms with E-state index in [1.54, 1.807) is 24.7 Å². The summed E-state index contributed by atoms with van der Waals surface area (Å²) in [6.07, 6.45) is 1.81. The summed E-state index contributed by atoms with van der Waals surface area (Å²) in [5.74, 6) is -0.507. The number of benzene rings is 3. The van der Waals surface area contributed by atoms with Crippen LogP contribution in [0, 0.1) is 6.92 Å². The predicted molar refractivity (Wildman–Crippen MR) is 160 cm³/mol. The van der Waals surface area contributed by atoms with Crippen LogP contribution in [0.1, 0.15) is 11.3 Å². The first kappa shape index (κ1) is 27.7. The van der Waals surface area contributed by atoms with Gasteiger partial charge in [-0.1, -0.05) is 89.4 Å². The number of halogens is 3. The average molecular weight is 589 g/mol. The lowest BCUT2D eigenvalue weighted by atomic mass is 10.1. The smallest absolute Gasteiger partial charge is 0.295 e. The molecule has 0 radical (unpaired) electrons. The molecule has 3 N–H and O–H groups in total. The standard InChI is InChI=1S/C27H24Cl3N5O2S/c1-17-23(24(37)35(34(17)2)21-10-4-3-5-11-21)32-26(38)33-25(27(28,29)30)31-22(36)15-13-18-12-14-19-8-6-7-9-20(19)16-18/h3-16,25H,1-2H3,(H,31,36)(H2,32,33,38). The highest BCUT2D eigenvalue weighted by Crippen LogP contribution is 2.29. The zero-order chi connectivity index (χ0) is 27.4. The molecule has 4 rings (SSSR count). The van der Waals surface area contributed by atoms with E-state index in [1.165, 1.54) is 10.8 Å². The molecule has 11 heteroatoms. The second-order valence-electron chi connectivity index (χ2n) is 8.46. The van der Waals surface area contributed by atoms with Crippen LogP contribution >= 0.6 is 47.0 Å². The van der Waals surface area contributed by atoms with Gasteiger partial charge >= 0.3 is 0 Å². The summed E-state index contributed by atoms with van der Waals surface area (Å²) in [7, 11) is 1.76. The topological polar surface area (TPSA) is 80.1 Å².